The molecule has 0 heterocycles. The normalized spacial score (nSPS) is 12.1. The summed E-state index contributed by atoms with van der Waals surface area (Å²) < 4.78 is 12.6. The lowest BCUT2D eigenvalue weighted by Crippen LogP contribution is -2.38. The number of benzene rings is 2. The lowest BCUT2D eigenvalue weighted by atomic mass is 9.78. The third-order valence-corrected chi connectivity index (χ3v) is 11.0. The van der Waals surface area contributed by atoms with E-state index < -0.39 is 26.4 Å². The van der Waals surface area contributed by atoms with Crippen molar-refractivity contribution in [3.05, 3.63) is 41.5 Å². The topological polar surface area (TPSA) is 18.5 Å². The standard InChI is InChI=1S/C29H47O2Si3/c1-11-13-17-30-24-16-15-22(19-25(24)32(5)6)29(3,4)23-20-26(33(7)8)28(31-18-14-12-2)27(21-23)34(9)10/h15-16,19-21H,11-14,17-18H2,1-10H3. The number of ether oxygens (including phenoxy) is 2. The SMILES string of the molecule is CCCCOc1ccc(C(C)(C)c2cc([Si](C)C)c(OCCCC)c([Si](C)C)c2)cc1[Si](C)C. The van der Waals surface area contributed by atoms with Crippen molar-refractivity contribution in [1.29, 1.82) is 0 Å². The van der Waals surface area contributed by atoms with E-state index in [4.69, 9.17) is 9.47 Å². The van der Waals surface area contributed by atoms with E-state index in [-0.39, 0.29) is 5.41 Å². The van der Waals surface area contributed by atoms with E-state index in [1.807, 2.05) is 0 Å². The van der Waals surface area contributed by atoms with Crippen LogP contribution in [0, 0.1) is 0 Å². The van der Waals surface area contributed by atoms with Gasteiger partial charge in [0.15, 0.2) is 0 Å². The fourth-order valence-corrected chi connectivity index (χ4v) is 7.56. The Labute approximate surface area is 215 Å². The summed E-state index contributed by atoms with van der Waals surface area (Å²) in [5.41, 5.74) is 2.73. The highest BCUT2D eigenvalue weighted by atomic mass is 28.3. The summed E-state index contributed by atoms with van der Waals surface area (Å²) >= 11 is 0. The molecule has 2 aromatic rings. The first-order valence-electron chi connectivity index (χ1n) is 13.0. The predicted molar refractivity (Wildman–Crippen MR) is 157 cm³/mol. The maximum atomic E-state index is 6.46. The highest BCUT2D eigenvalue weighted by Gasteiger charge is 2.29. The van der Waals surface area contributed by atoms with Crippen molar-refractivity contribution in [3.8, 4) is 11.5 Å². The number of hydrogen-bond donors (Lipinski definition) is 0. The maximum absolute atomic E-state index is 6.46. The minimum atomic E-state index is -0.661. The molecule has 2 aromatic carbocycles. The van der Waals surface area contributed by atoms with Gasteiger partial charge in [0.05, 0.1) is 39.6 Å². The van der Waals surface area contributed by atoms with Crippen molar-refractivity contribution in [2.45, 2.75) is 98.1 Å². The van der Waals surface area contributed by atoms with Gasteiger partial charge in [-0.3, -0.25) is 0 Å². The summed E-state index contributed by atoms with van der Waals surface area (Å²) in [7, 11) is -1.96. The molecule has 0 bridgehead atoms. The first-order chi connectivity index (χ1) is 16.0. The van der Waals surface area contributed by atoms with Gasteiger partial charge in [-0.05, 0) is 45.6 Å². The van der Waals surface area contributed by atoms with Gasteiger partial charge in [0.2, 0.25) is 0 Å². The molecule has 0 amide bonds. The van der Waals surface area contributed by atoms with Crippen LogP contribution in [0.4, 0.5) is 0 Å². The molecule has 0 N–H and O–H groups in total. The Morgan fingerprint density at radius 2 is 1.12 bits per heavy atom. The molecule has 5 heteroatoms. The van der Waals surface area contributed by atoms with E-state index in [2.05, 4.69) is 97.3 Å². The van der Waals surface area contributed by atoms with Gasteiger partial charge in [-0.25, -0.2) is 0 Å². The van der Waals surface area contributed by atoms with Gasteiger partial charge < -0.3 is 9.47 Å². The highest BCUT2D eigenvalue weighted by Crippen LogP contribution is 2.33. The van der Waals surface area contributed by atoms with E-state index in [0.29, 0.717) is 0 Å². The molecule has 3 radical (unpaired) electrons. The van der Waals surface area contributed by atoms with E-state index in [9.17, 15) is 0 Å². The average Bonchev–Trinajstić information content (AvgIpc) is 2.78. The zero-order valence-corrected chi connectivity index (χ0v) is 26.4. The molecular formula is C29H47O2Si3. The zero-order valence-electron chi connectivity index (χ0n) is 23.4. The first-order valence-corrected chi connectivity index (χ1v) is 20.5. The Bertz CT molecular complexity index is 891. The largest absolute Gasteiger partial charge is 0.494 e. The second-order valence-electron chi connectivity index (χ2n) is 10.6. The second kappa shape index (κ2) is 13.1. The molecule has 0 aliphatic carbocycles. The zero-order chi connectivity index (χ0) is 25.5. The van der Waals surface area contributed by atoms with Crippen molar-refractivity contribution >= 4 is 42.0 Å². The maximum Gasteiger partial charge on any atom is 0.118 e. The van der Waals surface area contributed by atoms with Crippen molar-refractivity contribution in [3.63, 3.8) is 0 Å². The summed E-state index contributed by atoms with van der Waals surface area (Å²) in [4.78, 5) is 0. The van der Waals surface area contributed by atoms with Crippen molar-refractivity contribution in [2.24, 2.45) is 0 Å². The Balaban J connectivity index is 2.57. The quantitative estimate of drug-likeness (QED) is 0.234. The van der Waals surface area contributed by atoms with Crippen LogP contribution in [0.5, 0.6) is 11.5 Å². The molecule has 0 aliphatic heterocycles. The summed E-state index contributed by atoms with van der Waals surface area (Å²) in [6, 6.07) is 11.9. The molecular weight excluding hydrogens is 465 g/mol. The van der Waals surface area contributed by atoms with Gasteiger partial charge in [-0.1, -0.05) is 104 Å². The monoisotopic (exact) mass is 511 g/mol. The lowest BCUT2D eigenvalue weighted by Gasteiger charge is -2.31. The van der Waals surface area contributed by atoms with Gasteiger partial charge >= 0.3 is 0 Å². The highest BCUT2D eigenvalue weighted by molar-refractivity contribution is 6.76. The smallest absolute Gasteiger partial charge is 0.118 e. The molecule has 187 valence electrons. The van der Waals surface area contributed by atoms with Crippen LogP contribution in [-0.2, 0) is 5.41 Å². The van der Waals surface area contributed by atoms with Crippen molar-refractivity contribution < 1.29 is 9.47 Å². The fourth-order valence-electron chi connectivity index (χ4n) is 4.14. The summed E-state index contributed by atoms with van der Waals surface area (Å²) in [6.45, 7) is 25.2. The van der Waals surface area contributed by atoms with Crippen LogP contribution in [0.1, 0.15) is 64.5 Å². The lowest BCUT2D eigenvalue weighted by molar-refractivity contribution is 0.311. The van der Waals surface area contributed by atoms with Crippen LogP contribution < -0.4 is 25.0 Å². The van der Waals surface area contributed by atoms with Gasteiger partial charge in [-0.2, -0.15) is 0 Å². The van der Waals surface area contributed by atoms with E-state index in [0.717, 1.165) is 38.2 Å². The van der Waals surface area contributed by atoms with Gasteiger partial charge in [0, 0.05) is 5.41 Å². The third-order valence-electron chi connectivity index (χ3n) is 6.63. The molecule has 34 heavy (non-hydrogen) atoms. The van der Waals surface area contributed by atoms with E-state index >= 15 is 0 Å². The van der Waals surface area contributed by atoms with Gasteiger partial charge in [0.25, 0.3) is 0 Å². The average molecular weight is 512 g/mol. The van der Waals surface area contributed by atoms with E-state index in [1.54, 1.807) is 0 Å². The van der Waals surface area contributed by atoms with Crippen molar-refractivity contribution in [2.75, 3.05) is 13.2 Å². The van der Waals surface area contributed by atoms with Crippen LogP contribution in [0.2, 0.25) is 39.3 Å². The van der Waals surface area contributed by atoms with Crippen molar-refractivity contribution in [1.82, 2.24) is 0 Å². The predicted octanol–water partition coefficient (Wildman–Crippen LogP) is 6.25. The molecule has 0 unspecified atom stereocenters. The Morgan fingerprint density at radius 3 is 1.59 bits per heavy atom. The minimum absolute atomic E-state index is 0.0753. The Kier molecular flexibility index (Phi) is 11.2. The van der Waals surface area contributed by atoms with Crippen LogP contribution in [0.25, 0.3) is 0 Å². The summed E-state index contributed by atoms with van der Waals surface area (Å²) in [5, 5.41) is 4.34. The third kappa shape index (κ3) is 7.11. The summed E-state index contributed by atoms with van der Waals surface area (Å²) in [6.07, 6.45) is 4.55. The van der Waals surface area contributed by atoms with Crippen LogP contribution in [-0.4, -0.2) is 39.6 Å². The molecule has 0 saturated heterocycles. The fraction of sp³-hybridized carbons (Fsp3) is 0.586. The molecule has 0 atom stereocenters. The molecule has 2 rings (SSSR count). The summed E-state index contributed by atoms with van der Waals surface area (Å²) in [5.74, 6) is 2.30. The van der Waals surface area contributed by atoms with Crippen LogP contribution >= 0.6 is 0 Å². The molecule has 0 aromatic heterocycles. The molecule has 0 fully saturated rings. The van der Waals surface area contributed by atoms with Crippen LogP contribution in [0.15, 0.2) is 30.3 Å². The van der Waals surface area contributed by atoms with E-state index in [1.165, 1.54) is 38.9 Å². The molecule has 2 nitrogen and oxygen atoms in total. The molecule has 0 spiro atoms. The number of hydrogen-bond acceptors (Lipinski definition) is 2. The first kappa shape index (κ1) is 28.9. The Morgan fingerprint density at radius 1 is 0.647 bits per heavy atom. The van der Waals surface area contributed by atoms with Gasteiger partial charge in [0.1, 0.15) is 11.5 Å². The molecule has 0 saturated carbocycles. The van der Waals surface area contributed by atoms with Gasteiger partial charge in [-0.15, -0.1) is 0 Å². The Hall–Kier alpha value is -1.31. The van der Waals surface area contributed by atoms with Crippen LogP contribution in [0.3, 0.4) is 0 Å². The number of rotatable bonds is 13. The second-order valence-corrected chi connectivity index (χ2v) is 18.3. The minimum Gasteiger partial charge on any atom is -0.494 e. The number of unbranched alkanes of at least 4 members (excludes halogenated alkanes) is 2. The molecule has 0 aliphatic rings.